The summed E-state index contributed by atoms with van der Waals surface area (Å²) in [5.74, 6) is 0.605. The number of carbonyl (C=O) groups excluding carboxylic acids is 2. The van der Waals surface area contributed by atoms with Crippen molar-refractivity contribution < 1.29 is 19.1 Å². The average Bonchev–Trinajstić information content (AvgIpc) is 3.15. The fourth-order valence-corrected chi connectivity index (χ4v) is 3.99. The van der Waals surface area contributed by atoms with E-state index < -0.39 is 6.10 Å². The third-order valence-corrected chi connectivity index (χ3v) is 5.69. The molecule has 2 fully saturated rings. The largest absolute Gasteiger partial charge is 0.448 e. The van der Waals surface area contributed by atoms with Gasteiger partial charge in [-0.1, -0.05) is 26.2 Å². The fraction of sp³-hybridized carbons (Fsp3) is 0.737. The molecule has 7 nitrogen and oxygen atoms in total. The lowest BCUT2D eigenvalue weighted by molar-refractivity contribution is -0.126. The summed E-state index contributed by atoms with van der Waals surface area (Å²) in [7, 11) is 0. The van der Waals surface area contributed by atoms with Crippen molar-refractivity contribution in [3.63, 3.8) is 0 Å². The van der Waals surface area contributed by atoms with Gasteiger partial charge in [0.25, 0.3) is 5.91 Å². The Bertz CT molecular complexity index is 624. The zero-order valence-corrected chi connectivity index (χ0v) is 15.4. The van der Waals surface area contributed by atoms with Crippen molar-refractivity contribution in [2.75, 3.05) is 19.6 Å². The Kier molecular flexibility index (Phi) is 6.29. The lowest BCUT2D eigenvalue weighted by atomic mass is 9.88. The predicted molar refractivity (Wildman–Crippen MR) is 95.5 cm³/mol. The van der Waals surface area contributed by atoms with Gasteiger partial charge in [-0.25, -0.2) is 4.98 Å². The van der Waals surface area contributed by atoms with Crippen LogP contribution in [0.5, 0.6) is 0 Å². The van der Waals surface area contributed by atoms with E-state index in [9.17, 15) is 14.7 Å². The summed E-state index contributed by atoms with van der Waals surface area (Å²) < 4.78 is 5.23. The molecule has 2 aliphatic rings. The second-order valence-corrected chi connectivity index (χ2v) is 7.43. The topological polar surface area (TPSA) is 95.7 Å². The second-order valence-electron chi connectivity index (χ2n) is 7.43. The van der Waals surface area contributed by atoms with Crippen molar-refractivity contribution in [1.29, 1.82) is 0 Å². The minimum atomic E-state index is -0.642. The molecule has 1 aromatic rings. The van der Waals surface area contributed by atoms with Crippen LogP contribution in [-0.2, 0) is 11.2 Å². The summed E-state index contributed by atoms with van der Waals surface area (Å²) in [6, 6.07) is 0. The number of aliphatic hydroxyl groups excluding tert-OH is 1. The van der Waals surface area contributed by atoms with Crippen LogP contribution in [-0.4, -0.2) is 52.5 Å². The van der Waals surface area contributed by atoms with Gasteiger partial charge in [-0.2, -0.15) is 0 Å². The number of rotatable bonds is 5. The van der Waals surface area contributed by atoms with Crippen LogP contribution < -0.4 is 5.32 Å². The monoisotopic (exact) mass is 363 g/mol. The van der Waals surface area contributed by atoms with Crippen LogP contribution in [0.25, 0.3) is 0 Å². The van der Waals surface area contributed by atoms with Crippen LogP contribution in [0, 0.1) is 11.8 Å². The molecule has 1 saturated carbocycles. The van der Waals surface area contributed by atoms with Gasteiger partial charge in [-0.05, 0) is 19.3 Å². The van der Waals surface area contributed by atoms with E-state index in [-0.39, 0.29) is 30.2 Å². The molecule has 0 bridgehead atoms. The van der Waals surface area contributed by atoms with Crippen molar-refractivity contribution in [3.8, 4) is 0 Å². The Balaban J connectivity index is 1.49. The molecule has 1 aromatic heterocycles. The highest BCUT2D eigenvalue weighted by atomic mass is 16.3. The molecule has 0 radical (unpaired) electrons. The lowest BCUT2D eigenvalue weighted by Crippen LogP contribution is -2.50. The normalized spacial score (nSPS) is 24.5. The molecule has 26 heavy (non-hydrogen) atoms. The van der Waals surface area contributed by atoms with Gasteiger partial charge < -0.3 is 19.7 Å². The summed E-state index contributed by atoms with van der Waals surface area (Å²) in [6.07, 6.45) is 7.33. The Hall–Kier alpha value is -1.89. The molecule has 2 atom stereocenters. The van der Waals surface area contributed by atoms with Gasteiger partial charge in [0, 0.05) is 37.9 Å². The van der Waals surface area contributed by atoms with Gasteiger partial charge in [-0.3, -0.25) is 9.59 Å². The van der Waals surface area contributed by atoms with Crippen molar-refractivity contribution in [2.45, 2.75) is 58.0 Å². The summed E-state index contributed by atoms with van der Waals surface area (Å²) >= 11 is 0. The van der Waals surface area contributed by atoms with Crippen molar-refractivity contribution >= 4 is 11.8 Å². The number of hydrogen-bond acceptors (Lipinski definition) is 5. The first-order valence-corrected chi connectivity index (χ1v) is 9.77. The molecule has 7 heteroatoms. The van der Waals surface area contributed by atoms with Crippen LogP contribution >= 0.6 is 0 Å². The number of carbonyl (C=O) groups is 2. The SMILES string of the molecule is CCc1ocnc1C(=O)N1CC[C@@H](CNC(=O)C2CCCCC2)[C@H](O)C1. The molecule has 2 amide bonds. The van der Waals surface area contributed by atoms with Crippen LogP contribution in [0.1, 0.15) is 61.7 Å². The fourth-order valence-electron chi connectivity index (χ4n) is 3.99. The quantitative estimate of drug-likeness (QED) is 0.831. The molecule has 0 unspecified atom stereocenters. The molecule has 1 aliphatic heterocycles. The average molecular weight is 363 g/mol. The van der Waals surface area contributed by atoms with Gasteiger partial charge >= 0.3 is 0 Å². The van der Waals surface area contributed by atoms with E-state index in [1.807, 2.05) is 6.92 Å². The van der Waals surface area contributed by atoms with Gasteiger partial charge in [-0.15, -0.1) is 0 Å². The maximum absolute atomic E-state index is 12.6. The Labute approximate surface area is 154 Å². The summed E-state index contributed by atoms with van der Waals surface area (Å²) in [4.78, 5) is 30.5. The molecule has 1 saturated heterocycles. The minimum absolute atomic E-state index is 0.0189. The predicted octanol–water partition coefficient (Wildman–Crippen LogP) is 1.76. The van der Waals surface area contributed by atoms with Crippen molar-refractivity contribution in [1.82, 2.24) is 15.2 Å². The molecule has 2 N–H and O–H groups in total. The Morgan fingerprint density at radius 1 is 1.31 bits per heavy atom. The molecular formula is C19H29N3O4. The molecule has 144 valence electrons. The minimum Gasteiger partial charge on any atom is -0.448 e. The summed E-state index contributed by atoms with van der Waals surface area (Å²) in [5.41, 5.74) is 0.337. The second kappa shape index (κ2) is 8.66. The smallest absolute Gasteiger partial charge is 0.276 e. The number of amides is 2. The van der Waals surface area contributed by atoms with Gasteiger partial charge in [0.2, 0.25) is 5.91 Å². The number of nitrogens with zero attached hydrogens (tertiary/aromatic N) is 2. The Morgan fingerprint density at radius 2 is 2.08 bits per heavy atom. The van der Waals surface area contributed by atoms with Crippen LogP contribution in [0.15, 0.2) is 10.8 Å². The summed E-state index contributed by atoms with van der Waals surface area (Å²) in [6.45, 7) is 3.20. The van der Waals surface area contributed by atoms with E-state index in [1.165, 1.54) is 12.8 Å². The van der Waals surface area contributed by atoms with Gasteiger partial charge in [0.05, 0.1) is 6.10 Å². The maximum atomic E-state index is 12.6. The first kappa shape index (κ1) is 18.9. The highest BCUT2D eigenvalue weighted by molar-refractivity contribution is 5.93. The summed E-state index contributed by atoms with van der Waals surface area (Å²) in [5, 5.41) is 13.5. The molecule has 2 heterocycles. The molecule has 3 rings (SSSR count). The van der Waals surface area contributed by atoms with Gasteiger partial charge in [0.15, 0.2) is 12.1 Å². The highest BCUT2D eigenvalue weighted by Crippen LogP contribution is 2.24. The number of hydrogen-bond donors (Lipinski definition) is 2. The third-order valence-electron chi connectivity index (χ3n) is 5.69. The first-order chi connectivity index (χ1) is 12.6. The number of aromatic nitrogens is 1. The first-order valence-electron chi connectivity index (χ1n) is 9.77. The number of nitrogens with one attached hydrogen (secondary N) is 1. The lowest BCUT2D eigenvalue weighted by Gasteiger charge is -2.36. The standard InChI is InChI=1S/C19H29N3O4/c1-2-16-17(21-12-26-16)19(25)22-9-8-14(15(23)11-22)10-20-18(24)13-6-4-3-5-7-13/h12-15,23H,2-11H2,1H3,(H,20,24)/t14-,15+/m0/s1. The van der Waals surface area contributed by atoms with E-state index in [0.29, 0.717) is 37.4 Å². The molecule has 0 spiro atoms. The number of oxazole rings is 1. The number of likely N-dealkylation sites (tertiary alicyclic amines) is 1. The van der Waals surface area contributed by atoms with E-state index in [0.717, 1.165) is 25.7 Å². The van der Waals surface area contributed by atoms with E-state index >= 15 is 0 Å². The van der Waals surface area contributed by atoms with Crippen LogP contribution in [0.3, 0.4) is 0 Å². The zero-order valence-electron chi connectivity index (χ0n) is 15.4. The van der Waals surface area contributed by atoms with Crippen molar-refractivity contribution in [3.05, 3.63) is 17.8 Å². The van der Waals surface area contributed by atoms with Crippen molar-refractivity contribution in [2.24, 2.45) is 11.8 Å². The highest BCUT2D eigenvalue weighted by Gasteiger charge is 2.33. The van der Waals surface area contributed by atoms with Crippen LogP contribution in [0.2, 0.25) is 0 Å². The number of aryl methyl sites for hydroxylation is 1. The van der Waals surface area contributed by atoms with E-state index in [4.69, 9.17) is 4.42 Å². The maximum Gasteiger partial charge on any atom is 0.276 e. The third kappa shape index (κ3) is 4.26. The Morgan fingerprint density at radius 3 is 2.77 bits per heavy atom. The number of aliphatic hydroxyl groups is 1. The van der Waals surface area contributed by atoms with E-state index in [1.54, 1.807) is 4.90 Å². The van der Waals surface area contributed by atoms with E-state index in [2.05, 4.69) is 10.3 Å². The van der Waals surface area contributed by atoms with Gasteiger partial charge in [0.1, 0.15) is 5.76 Å². The molecule has 1 aliphatic carbocycles. The number of piperidine rings is 1. The molecular weight excluding hydrogens is 334 g/mol. The number of β-amino-alcohol motifs (C(OH)–C–C–N with tert-alkyl or cyclic N) is 1. The molecule has 0 aromatic carbocycles. The zero-order chi connectivity index (χ0) is 18.5. The van der Waals surface area contributed by atoms with Crippen LogP contribution in [0.4, 0.5) is 0 Å².